The molecule has 0 aliphatic rings. The first-order chi connectivity index (χ1) is 16.4. The van der Waals surface area contributed by atoms with E-state index in [-0.39, 0.29) is 5.82 Å². The molecular weight excluding hydrogens is 444 g/mol. The molecule has 0 aromatic heterocycles. The highest BCUT2D eigenvalue weighted by atomic mass is 19.3. The Morgan fingerprint density at radius 2 is 1.59 bits per heavy atom. The van der Waals surface area contributed by atoms with Gasteiger partial charge in [-0.05, 0) is 70.8 Å². The Bertz CT molecular complexity index is 1300. The fourth-order valence-electron chi connectivity index (χ4n) is 3.78. The van der Waals surface area contributed by atoms with E-state index in [0.717, 1.165) is 34.4 Å². The smallest absolute Gasteiger partial charge is 0.387 e. The van der Waals surface area contributed by atoms with Gasteiger partial charge in [-0.15, -0.1) is 0 Å². The maximum Gasteiger partial charge on any atom is 0.387 e. The second-order valence-electron chi connectivity index (χ2n) is 7.74. The summed E-state index contributed by atoms with van der Waals surface area (Å²) >= 11 is 0. The summed E-state index contributed by atoms with van der Waals surface area (Å²) in [6.07, 6.45) is 2.37. The van der Waals surface area contributed by atoms with Crippen molar-refractivity contribution in [2.75, 3.05) is 6.61 Å². The zero-order chi connectivity index (χ0) is 24.1. The van der Waals surface area contributed by atoms with Crippen LogP contribution in [0.25, 0.3) is 21.9 Å². The number of hydrogen-bond acceptors (Lipinski definition) is 2. The summed E-state index contributed by atoms with van der Waals surface area (Å²) in [4.78, 5) is 0. The molecule has 0 fully saturated rings. The van der Waals surface area contributed by atoms with Gasteiger partial charge in [0.25, 0.3) is 0 Å². The van der Waals surface area contributed by atoms with E-state index in [0.29, 0.717) is 36.0 Å². The SMILES string of the molecule is C=CCOc1ccc(-c2ccc3c(F)c(CCc4ccc(OC(F)F)c(F)c4)ccc3c2)cc1. The number of fused-ring (bicyclic) bond motifs is 1. The Morgan fingerprint density at radius 1 is 0.824 bits per heavy atom. The molecule has 34 heavy (non-hydrogen) atoms. The molecule has 0 amide bonds. The lowest BCUT2D eigenvalue weighted by Gasteiger charge is -2.10. The van der Waals surface area contributed by atoms with E-state index in [4.69, 9.17) is 4.74 Å². The molecular formula is C28H22F4O2. The van der Waals surface area contributed by atoms with E-state index in [1.165, 1.54) is 6.07 Å². The minimum Gasteiger partial charge on any atom is -0.490 e. The van der Waals surface area contributed by atoms with Crippen molar-refractivity contribution in [3.63, 3.8) is 0 Å². The van der Waals surface area contributed by atoms with Gasteiger partial charge in [0.1, 0.15) is 18.2 Å². The van der Waals surface area contributed by atoms with Gasteiger partial charge in [0.15, 0.2) is 11.6 Å². The molecule has 0 unspecified atom stereocenters. The highest BCUT2D eigenvalue weighted by Gasteiger charge is 2.12. The summed E-state index contributed by atoms with van der Waals surface area (Å²) in [7, 11) is 0. The number of benzene rings is 4. The monoisotopic (exact) mass is 466 g/mol. The van der Waals surface area contributed by atoms with Gasteiger partial charge in [0.2, 0.25) is 0 Å². The van der Waals surface area contributed by atoms with Crippen molar-refractivity contribution in [2.24, 2.45) is 0 Å². The first-order valence-corrected chi connectivity index (χ1v) is 10.7. The molecule has 6 heteroatoms. The number of alkyl halides is 2. The number of rotatable bonds is 9. The van der Waals surface area contributed by atoms with Crippen LogP contribution in [0.15, 0.2) is 85.5 Å². The molecule has 0 aliphatic carbocycles. The second-order valence-corrected chi connectivity index (χ2v) is 7.74. The number of aryl methyl sites for hydroxylation is 2. The molecule has 2 nitrogen and oxygen atoms in total. The van der Waals surface area contributed by atoms with E-state index in [2.05, 4.69) is 11.3 Å². The third-order valence-corrected chi connectivity index (χ3v) is 5.48. The van der Waals surface area contributed by atoms with Crippen molar-refractivity contribution in [3.05, 3.63) is 108 Å². The third kappa shape index (κ3) is 5.39. The molecule has 4 aromatic carbocycles. The quantitative estimate of drug-likeness (QED) is 0.186. The van der Waals surface area contributed by atoms with Crippen LogP contribution in [0.4, 0.5) is 17.6 Å². The van der Waals surface area contributed by atoms with Gasteiger partial charge in [0.05, 0.1) is 0 Å². The Labute approximate surface area is 195 Å². The van der Waals surface area contributed by atoms with Crippen molar-refractivity contribution in [1.82, 2.24) is 0 Å². The van der Waals surface area contributed by atoms with Crippen LogP contribution in [0.1, 0.15) is 11.1 Å². The van der Waals surface area contributed by atoms with Gasteiger partial charge >= 0.3 is 6.61 Å². The van der Waals surface area contributed by atoms with Crippen LogP contribution in [-0.4, -0.2) is 13.2 Å². The first-order valence-electron chi connectivity index (χ1n) is 10.7. The summed E-state index contributed by atoms with van der Waals surface area (Å²) in [6.45, 7) is 0.968. The fourth-order valence-corrected chi connectivity index (χ4v) is 3.78. The molecule has 4 rings (SSSR count). The number of ether oxygens (including phenoxy) is 2. The summed E-state index contributed by atoms with van der Waals surface area (Å²) in [5.41, 5.74) is 3.00. The van der Waals surface area contributed by atoms with E-state index >= 15 is 4.39 Å². The topological polar surface area (TPSA) is 18.5 Å². The molecule has 0 N–H and O–H groups in total. The normalized spacial score (nSPS) is 11.1. The predicted octanol–water partition coefficient (Wildman–Crippen LogP) is 7.74. The number of halogens is 4. The minimum atomic E-state index is -3.09. The standard InChI is InChI=1S/C28H22F4O2/c1-2-15-33-23-11-8-19(9-12-23)21-10-13-24-22(17-21)7-6-20(27(24)30)5-3-18-4-14-26(25(29)16-18)34-28(31)32/h2,4,6-14,16-17,28H,1,3,5,15H2. The summed E-state index contributed by atoms with van der Waals surface area (Å²) in [6, 6.07) is 20.6. The van der Waals surface area contributed by atoms with E-state index < -0.39 is 18.2 Å². The second kappa shape index (κ2) is 10.4. The predicted molar refractivity (Wildman–Crippen MR) is 125 cm³/mol. The van der Waals surface area contributed by atoms with E-state index in [1.54, 1.807) is 18.2 Å². The lowest BCUT2D eigenvalue weighted by Crippen LogP contribution is -2.04. The van der Waals surface area contributed by atoms with Gasteiger partial charge in [-0.2, -0.15) is 8.78 Å². The van der Waals surface area contributed by atoms with E-state index in [9.17, 15) is 13.2 Å². The molecule has 0 spiro atoms. The molecule has 0 saturated carbocycles. The largest absolute Gasteiger partial charge is 0.490 e. The molecule has 4 aromatic rings. The first kappa shape index (κ1) is 23.4. The van der Waals surface area contributed by atoms with Crippen LogP contribution < -0.4 is 9.47 Å². The number of hydrogen-bond donors (Lipinski definition) is 0. The van der Waals surface area contributed by atoms with Crippen LogP contribution in [-0.2, 0) is 12.8 Å². The van der Waals surface area contributed by atoms with Crippen LogP contribution in [0, 0.1) is 11.6 Å². The average Bonchev–Trinajstić information content (AvgIpc) is 2.84. The van der Waals surface area contributed by atoms with Gasteiger partial charge in [-0.25, -0.2) is 8.78 Å². The highest BCUT2D eigenvalue weighted by molar-refractivity contribution is 5.88. The van der Waals surface area contributed by atoms with Gasteiger partial charge in [-0.1, -0.05) is 55.1 Å². The Morgan fingerprint density at radius 3 is 2.29 bits per heavy atom. The van der Waals surface area contributed by atoms with Crippen molar-refractivity contribution >= 4 is 10.8 Å². The molecule has 0 atom stereocenters. The summed E-state index contributed by atoms with van der Waals surface area (Å²) in [5, 5.41) is 1.27. The molecule has 0 radical (unpaired) electrons. The zero-order valence-electron chi connectivity index (χ0n) is 18.2. The Kier molecular flexibility index (Phi) is 7.16. The van der Waals surface area contributed by atoms with Crippen molar-refractivity contribution in [2.45, 2.75) is 19.5 Å². The Balaban J connectivity index is 1.49. The minimum absolute atomic E-state index is 0.324. The van der Waals surface area contributed by atoms with Gasteiger partial charge < -0.3 is 9.47 Å². The average molecular weight is 466 g/mol. The van der Waals surface area contributed by atoms with Crippen LogP contribution in [0.2, 0.25) is 0 Å². The van der Waals surface area contributed by atoms with Crippen LogP contribution >= 0.6 is 0 Å². The summed E-state index contributed by atoms with van der Waals surface area (Å²) < 4.78 is 63.3. The Hall–Kier alpha value is -3.80. The molecule has 0 bridgehead atoms. The lowest BCUT2D eigenvalue weighted by molar-refractivity contribution is -0.0522. The molecule has 174 valence electrons. The zero-order valence-corrected chi connectivity index (χ0v) is 18.2. The highest BCUT2D eigenvalue weighted by Crippen LogP contribution is 2.29. The fraction of sp³-hybridized carbons (Fsp3) is 0.143. The summed E-state index contributed by atoms with van der Waals surface area (Å²) in [5.74, 6) is -0.957. The maximum absolute atomic E-state index is 15.2. The van der Waals surface area contributed by atoms with Gasteiger partial charge in [0, 0.05) is 5.39 Å². The lowest BCUT2D eigenvalue weighted by atomic mass is 9.97. The van der Waals surface area contributed by atoms with Crippen LogP contribution in [0.3, 0.4) is 0 Å². The van der Waals surface area contributed by atoms with Crippen molar-refractivity contribution in [1.29, 1.82) is 0 Å². The van der Waals surface area contributed by atoms with Gasteiger partial charge in [-0.3, -0.25) is 0 Å². The molecule has 0 saturated heterocycles. The van der Waals surface area contributed by atoms with E-state index in [1.807, 2.05) is 42.5 Å². The molecule has 0 heterocycles. The maximum atomic E-state index is 15.2. The van der Waals surface area contributed by atoms with Crippen LogP contribution in [0.5, 0.6) is 11.5 Å². The third-order valence-electron chi connectivity index (χ3n) is 5.48. The van der Waals surface area contributed by atoms with Crippen molar-refractivity contribution < 1.29 is 27.0 Å². The molecule has 0 aliphatic heterocycles. The van der Waals surface area contributed by atoms with Crippen molar-refractivity contribution in [3.8, 4) is 22.6 Å².